The van der Waals surface area contributed by atoms with Crippen molar-refractivity contribution in [3.63, 3.8) is 0 Å². The van der Waals surface area contributed by atoms with Crippen molar-refractivity contribution in [1.29, 1.82) is 0 Å². The first-order chi connectivity index (χ1) is 14.6. The van der Waals surface area contributed by atoms with Gasteiger partial charge in [-0.15, -0.1) is 5.10 Å². The van der Waals surface area contributed by atoms with E-state index >= 15 is 0 Å². The number of hydrogen-bond acceptors (Lipinski definition) is 5. The smallest absolute Gasteiger partial charge is 0.277 e. The number of aliphatic hydroxyl groups excluding tert-OH is 1. The first kappa shape index (κ1) is 19.9. The molecule has 6 nitrogen and oxygen atoms in total. The third-order valence-corrected chi connectivity index (χ3v) is 5.04. The number of nitrogens with zero attached hydrogens (tertiary/aromatic N) is 3. The van der Waals surface area contributed by atoms with E-state index in [9.17, 15) is 9.90 Å². The fourth-order valence-corrected chi connectivity index (χ4v) is 3.48. The monoisotopic (exact) mass is 401 g/mol. The molecule has 0 aliphatic heterocycles. The zero-order valence-electron chi connectivity index (χ0n) is 16.7. The predicted molar refractivity (Wildman–Crippen MR) is 115 cm³/mol. The lowest BCUT2D eigenvalue weighted by atomic mass is 9.97. The SMILES string of the molecule is Cc1ccccc1C(OCC(O)Cn1nnc2ccccc2c1=O)c1ccccc1. The number of hydrogen-bond donors (Lipinski definition) is 1. The van der Waals surface area contributed by atoms with Gasteiger partial charge in [-0.3, -0.25) is 4.79 Å². The molecule has 0 aliphatic carbocycles. The van der Waals surface area contributed by atoms with Gasteiger partial charge in [0.15, 0.2) is 0 Å². The fraction of sp³-hybridized carbons (Fsp3) is 0.208. The van der Waals surface area contributed by atoms with Gasteiger partial charge in [0.25, 0.3) is 5.56 Å². The van der Waals surface area contributed by atoms with E-state index in [4.69, 9.17) is 4.74 Å². The number of aliphatic hydroxyl groups is 1. The quantitative estimate of drug-likeness (QED) is 0.514. The van der Waals surface area contributed by atoms with Crippen LogP contribution < -0.4 is 5.56 Å². The van der Waals surface area contributed by atoms with E-state index in [2.05, 4.69) is 10.3 Å². The van der Waals surface area contributed by atoms with Gasteiger partial charge in [-0.25, -0.2) is 4.68 Å². The topological polar surface area (TPSA) is 77.2 Å². The van der Waals surface area contributed by atoms with Crippen LogP contribution in [0.15, 0.2) is 83.7 Å². The van der Waals surface area contributed by atoms with Crippen LogP contribution >= 0.6 is 0 Å². The minimum atomic E-state index is -0.909. The molecule has 1 N–H and O–H groups in total. The number of fused-ring (bicyclic) bond motifs is 1. The van der Waals surface area contributed by atoms with Crippen LogP contribution in [-0.4, -0.2) is 32.8 Å². The molecule has 0 saturated heterocycles. The number of ether oxygens (including phenoxy) is 1. The molecule has 0 bridgehead atoms. The largest absolute Gasteiger partial charge is 0.389 e. The van der Waals surface area contributed by atoms with Crippen molar-refractivity contribution in [2.75, 3.05) is 6.61 Å². The summed E-state index contributed by atoms with van der Waals surface area (Å²) in [7, 11) is 0. The van der Waals surface area contributed by atoms with Gasteiger partial charge >= 0.3 is 0 Å². The molecule has 152 valence electrons. The zero-order chi connectivity index (χ0) is 20.9. The molecule has 0 fully saturated rings. The van der Waals surface area contributed by atoms with Crippen LogP contribution in [0.5, 0.6) is 0 Å². The summed E-state index contributed by atoms with van der Waals surface area (Å²) in [6.45, 7) is 2.09. The van der Waals surface area contributed by atoms with Crippen molar-refractivity contribution in [2.24, 2.45) is 0 Å². The molecule has 6 heteroatoms. The van der Waals surface area contributed by atoms with Crippen molar-refractivity contribution < 1.29 is 9.84 Å². The second-order valence-corrected chi connectivity index (χ2v) is 7.23. The van der Waals surface area contributed by atoms with E-state index in [1.807, 2.05) is 61.5 Å². The van der Waals surface area contributed by atoms with Gasteiger partial charge in [-0.2, -0.15) is 0 Å². The van der Waals surface area contributed by atoms with Crippen LogP contribution in [0.25, 0.3) is 10.9 Å². The third-order valence-electron chi connectivity index (χ3n) is 5.04. The van der Waals surface area contributed by atoms with Gasteiger partial charge in [0.1, 0.15) is 11.6 Å². The van der Waals surface area contributed by atoms with Crippen molar-refractivity contribution in [1.82, 2.24) is 15.0 Å². The highest BCUT2D eigenvalue weighted by Crippen LogP contribution is 2.28. The highest BCUT2D eigenvalue weighted by molar-refractivity contribution is 5.76. The number of rotatable bonds is 7. The molecule has 2 atom stereocenters. The summed E-state index contributed by atoms with van der Waals surface area (Å²) in [5.74, 6) is 0. The average molecular weight is 401 g/mol. The van der Waals surface area contributed by atoms with E-state index in [-0.39, 0.29) is 24.8 Å². The summed E-state index contributed by atoms with van der Waals surface area (Å²) in [6.07, 6.45) is -1.23. The number of aromatic nitrogens is 3. The van der Waals surface area contributed by atoms with E-state index in [0.29, 0.717) is 10.9 Å². The minimum absolute atomic E-state index is 0.00590. The fourth-order valence-electron chi connectivity index (χ4n) is 3.48. The van der Waals surface area contributed by atoms with Gasteiger partial charge in [0, 0.05) is 0 Å². The molecule has 1 aromatic heterocycles. The normalized spacial score (nSPS) is 13.3. The van der Waals surface area contributed by atoms with Crippen molar-refractivity contribution in [3.05, 3.63) is 106 Å². The van der Waals surface area contributed by atoms with Crippen molar-refractivity contribution in [2.45, 2.75) is 25.7 Å². The van der Waals surface area contributed by atoms with Crippen LogP contribution in [0.1, 0.15) is 22.8 Å². The lowest BCUT2D eigenvalue weighted by Gasteiger charge is -2.22. The van der Waals surface area contributed by atoms with Gasteiger partial charge in [0.2, 0.25) is 0 Å². The lowest BCUT2D eigenvalue weighted by Crippen LogP contribution is -2.32. The Balaban J connectivity index is 1.52. The van der Waals surface area contributed by atoms with Crippen LogP contribution in [0.4, 0.5) is 0 Å². The Kier molecular flexibility index (Phi) is 5.97. The van der Waals surface area contributed by atoms with E-state index in [1.165, 1.54) is 4.68 Å². The zero-order valence-corrected chi connectivity index (χ0v) is 16.7. The first-order valence-corrected chi connectivity index (χ1v) is 9.86. The average Bonchev–Trinajstić information content (AvgIpc) is 2.78. The summed E-state index contributed by atoms with van der Waals surface area (Å²) in [4.78, 5) is 12.6. The summed E-state index contributed by atoms with van der Waals surface area (Å²) < 4.78 is 7.33. The highest BCUT2D eigenvalue weighted by atomic mass is 16.5. The number of aryl methyl sites for hydroxylation is 1. The maximum absolute atomic E-state index is 12.6. The first-order valence-electron chi connectivity index (χ1n) is 9.86. The van der Waals surface area contributed by atoms with E-state index in [1.54, 1.807) is 24.3 Å². The van der Waals surface area contributed by atoms with Gasteiger partial charge in [-0.1, -0.05) is 71.9 Å². The Morgan fingerprint density at radius 2 is 1.67 bits per heavy atom. The van der Waals surface area contributed by atoms with E-state index in [0.717, 1.165) is 16.7 Å². The second-order valence-electron chi connectivity index (χ2n) is 7.23. The van der Waals surface area contributed by atoms with Gasteiger partial charge in [0.05, 0.1) is 24.6 Å². The molecule has 4 rings (SSSR count). The molecule has 2 unspecified atom stereocenters. The van der Waals surface area contributed by atoms with Gasteiger partial charge in [-0.05, 0) is 35.7 Å². The maximum Gasteiger partial charge on any atom is 0.277 e. The standard InChI is InChI=1S/C24H23N3O3/c1-17-9-5-6-12-20(17)23(18-10-3-2-4-11-18)30-16-19(28)15-27-24(29)21-13-7-8-14-22(21)25-26-27/h2-14,19,23,28H,15-16H2,1H3. The second kappa shape index (κ2) is 8.98. The van der Waals surface area contributed by atoms with Crippen LogP contribution in [0, 0.1) is 6.92 Å². The maximum atomic E-state index is 12.6. The molecule has 0 aliphatic rings. The van der Waals surface area contributed by atoms with Crippen LogP contribution in [0.2, 0.25) is 0 Å². The lowest BCUT2D eigenvalue weighted by molar-refractivity contribution is -0.00288. The molecule has 30 heavy (non-hydrogen) atoms. The molecule has 0 amide bonds. The Hall–Kier alpha value is -3.35. The molecule has 3 aromatic carbocycles. The Labute approximate surface area is 174 Å². The Morgan fingerprint density at radius 1 is 0.967 bits per heavy atom. The highest BCUT2D eigenvalue weighted by Gasteiger charge is 2.19. The van der Waals surface area contributed by atoms with Crippen LogP contribution in [-0.2, 0) is 11.3 Å². The minimum Gasteiger partial charge on any atom is -0.389 e. The van der Waals surface area contributed by atoms with E-state index < -0.39 is 6.10 Å². The summed E-state index contributed by atoms with van der Waals surface area (Å²) in [5.41, 5.74) is 3.41. The molecule has 0 saturated carbocycles. The molecule has 0 radical (unpaired) electrons. The molecule has 0 spiro atoms. The Morgan fingerprint density at radius 3 is 2.47 bits per heavy atom. The van der Waals surface area contributed by atoms with Crippen LogP contribution in [0.3, 0.4) is 0 Å². The predicted octanol–water partition coefficient (Wildman–Crippen LogP) is 3.27. The summed E-state index contributed by atoms with van der Waals surface area (Å²) in [6, 6.07) is 24.9. The number of benzene rings is 3. The summed E-state index contributed by atoms with van der Waals surface area (Å²) >= 11 is 0. The van der Waals surface area contributed by atoms with Gasteiger partial charge < -0.3 is 9.84 Å². The Bertz CT molecular complexity index is 1190. The van der Waals surface area contributed by atoms with Crippen molar-refractivity contribution >= 4 is 10.9 Å². The molecule has 4 aromatic rings. The molecular formula is C24H23N3O3. The molecule has 1 heterocycles. The molecular weight excluding hydrogens is 378 g/mol. The third kappa shape index (κ3) is 4.30. The van der Waals surface area contributed by atoms with Crippen molar-refractivity contribution in [3.8, 4) is 0 Å². The summed E-state index contributed by atoms with van der Waals surface area (Å²) in [5, 5.41) is 19.0.